The Morgan fingerprint density at radius 1 is 0.294 bits per heavy atom. The van der Waals surface area contributed by atoms with Crippen LogP contribution in [0, 0.1) is 0 Å². The lowest BCUT2D eigenvalue weighted by molar-refractivity contribution is 0.233. The fraction of sp³-hybridized carbons (Fsp3) is 0.905. The molecule has 0 saturated carbocycles. The normalized spacial score (nSPS) is 13.0. The van der Waals surface area contributed by atoms with Crippen molar-refractivity contribution in [2.45, 2.75) is 335 Å². The van der Waals surface area contributed by atoms with E-state index in [4.69, 9.17) is 14.2 Å². The number of hydrogen-bond acceptors (Lipinski definition) is 5. The largest absolute Gasteiger partial charge is 0.490 e. The van der Waals surface area contributed by atoms with E-state index in [0.717, 1.165) is 56.3 Å². The molecule has 0 unspecified atom stereocenters. The van der Waals surface area contributed by atoms with Gasteiger partial charge in [-0.25, -0.2) is 0 Å². The first-order valence-electron chi connectivity index (χ1n) is 31.1. The highest BCUT2D eigenvalue weighted by molar-refractivity contribution is 8.77. The third-order valence-corrected chi connectivity index (χ3v) is 17.5. The van der Waals surface area contributed by atoms with Crippen LogP contribution in [-0.2, 0) is 0 Å². The zero-order valence-electron chi connectivity index (χ0n) is 46.2. The van der Waals surface area contributed by atoms with Gasteiger partial charge in [-0.2, -0.15) is 0 Å². The van der Waals surface area contributed by atoms with Gasteiger partial charge in [0.2, 0.25) is 5.75 Å². The topological polar surface area (TPSA) is 27.7 Å². The second kappa shape index (κ2) is 51.2. The maximum absolute atomic E-state index is 6.71. The lowest BCUT2D eigenvalue weighted by Gasteiger charge is -2.20. The minimum Gasteiger partial charge on any atom is -0.490 e. The minimum absolute atomic E-state index is 0.551. The molecule has 1 heterocycles. The monoisotopic (exact) mass is 987 g/mol. The minimum atomic E-state index is 0.551. The van der Waals surface area contributed by atoms with Gasteiger partial charge in [-0.15, -0.1) is 0 Å². The van der Waals surface area contributed by atoms with Gasteiger partial charge in [0.15, 0.2) is 11.5 Å². The van der Waals surface area contributed by atoms with E-state index in [1.165, 1.54) is 306 Å². The van der Waals surface area contributed by atoms with Crippen molar-refractivity contribution >= 4 is 21.6 Å². The van der Waals surface area contributed by atoms with Gasteiger partial charge in [-0.3, -0.25) is 0 Å². The summed E-state index contributed by atoms with van der Waals surface area (Å²) in [6.07, 6.45) is 66.7. The van der Waals surface area contributed by atoms with E-state index in [1.54, 1.807) is 0 Å². The number of rotatable bonds is 55. The summed E-state index contributed by atoms with van der Waals surface area (Å²) in [5.74, 6) is 5.63. The van der Waals surface area contributed by atoms with Crippen LogP contribution in [0.5, 0.6) is 17.2 Å². The first-order valence-corrected chi connectivity index (χ1v) is 33.6. The van der Waals surface area contributed by atoms with Crippen LogP contribution in [0.1, 0.15) is 340 Å². The number of unbranched alkanes of at least 4 members (excludes halogenated alkanes) is 45. The number of ether oxygens (including phenoxy) is 3. The first kappa shape index (κ1) is 63.4. The molecule has 1 aromatic rings. The van der Waals surface area contributed by atoms with E-state index in [1.807, 2.05) is 21.6 Å². The van der Waals surface area contributed by atoms with Gasteiger partial charge in [0.1, 0.15) is 0 Å². The van der Waals surface area contributed by atoms with Crippen LogP contribution in [0.25, 0.3) is 0 Å². The summed E-state index contributed by atoms with van der Waals surface area (Å²) in [5, 5.41) is 0. The van der Waals surface area contributed by atoms with Crippen molar-refractivity contribution in [3.8, 4) is 17.2 Å². The molecule has 0 aliphatic carbocycles. The Bertz CT molecular complexity index is 1090. The lowest BCUT2D eigenvalue weighted by Crippen LogP contribution is -2.09. The number of hydrogen-bond donors (Lipinski definition) is 0. The fourth-order valence-corrected chi connectivity index (χ4v) is 13.0. The third kappa shape index (κ3) is 38.9. The van der Waals surface area contributed by atoms with Crippen LogP contribution >= 0.6 is 21.6 Å². The molecular formula is C63H118O3S2. The maximum atomic E-state index is 6.71. The molecule has 0 radical (unpaired) electrons. The zero-order chi connectivity index (χ0) is 48.3. The van der Waals surface area contributed by atoms with Gasteiger partial charge in [0.05, 0.1) is 19.8 Å². The molecule has 1 aliphatic heterocycles. The third-order valence-electron chi connectivity index (χ3n) is 14.9. The average molecular weight is 988 g/mol. The highest BCUT2D eigenvalue weighted by atomic mass is 33.1. The van der Waals surface area contributed by atoms with Gasteiger partial charge in [-0.1, -0.05) is 331 Å². The molecule has 68 heavy (non-hydrogen) atoms. The van der Waals surface area contributed by atoms with E-state index in [0.29, 0.717) is 5.92 Å². The van der Waals surface area contributed by atoms with Gasteiger partial charge in [-0.05, 0) is 37.0 Å². The molecule has 0 aromatic heterocycles. The second-order valence-corrected chi connectivity index (χ2v) is 24.1. The molecule has 0 amide bonds. The van der Waals surface area contributed by atoms with Crippen LogP contribution in [0.3, 0.4) is 0 Å². The van der Waals surface area contributed by atoms with Gasteiger partial charge in [0.25, 0.3) is 0 Å². The van der Waals surface area contributed by atoms with Crippen molar-refractivity contribution < 1.29 is 14.2 Å². The standard InChI is InChI=1S/C63H118O3S2/c1-4-7-10-13-16-19-22-25-28-31-34-37-40-43-46-49-52-64-61-55-59(60-57-67-68-58-60)56-62(65-53-50-47-44-41-38-35-32-29-26-23-20-17-14-11-8-5-2)63(61)66-54-51-48-45-42-39-36-33-30-27-24-21-18-15-12-9-6-3/h55-56,60H,4-54,57-58H2,1-3H3. The summed E-state index contributed by atoms with van der Waals surface area (Å²) in [6, 6.07) is 4.65. The van der Waals surface area contributed by atoms with E-state index in [-0.39, 0.29) is 0 Å². The van der Waals surface area contributed by atoms with Gasteiger partial charge >= 0.3 is 0 Å². The predicted molar refractivity (Wildman–Crippen MR) is 309 cm³/mol. The van der Waals surface area contributed by atoms with Crippen molar-refractivity contribution in [1.29, 1.82) is 0 Å². The van der Waals surface area contributed by atoms with Crippen LogP contribution < -0.4 is 14.2 Å². The Labute approximate surface area is 434 Å². The SMILES string of the molecule is CCCCCCCCCCCCCCCCCCOc1cc(C2CSSC2)cc(OCCCCCCCCCCCCCCCCCC)c1OCCCCCCCCCCCCCCCCCC. The summed E-state index contributed by atoms with van der Waals surface area (Å²) < 4.78 is 20.1. The summed E-state index contributed by atoms with van der Waals surface area (Å²) in [5.41, 5.74) is 1.38. The van der Waals surface area contributed by atoms with E-state index < -0.39 is 0 Å². The summed E-state index contributed by atoms with van der Waals surface area (Å²) in [6.45, 7) is 9.21. The molecule has 1 fully saturated rings. The summed E-state index contributed by atoms with van der Waals surface area (Å²) in [4.78, 5) is 0. The average Bonchev–Trinajstić information content (AvgIpc) is 3.90. The maximum Gasteiger partial charge on any atom is 0.203 e. The highest BCUT2D eigenvalue weighted by Crippen LogP contribution is 2.46. The van der Waals surface area contributed by atoms with Crippen molar-refractivity contribution in [2.24, 2.45) is 0 Å². The van der Waals surface area contributed by atoms with Crippen molar-refractivity contribution in [3.63, 3.8) is 0 Å². The molecule has 0 N–H and O–H groups in total. The summed E-state index contributed by atoms with van der Waals surface area (Å²) >= 11 is 0. The molecule has 1 aromatic carbocycles. The quantitative estimate of drug-likeness (QED) is 0.0479. The molecular weight excluding hydrogens is 869 g/mol. The van der Waals surface area contributed by atoms with E-state index >= 15 is 0 Å². The number of benzene rings is 1. The molecule has 2 rings (SSSR count). The Morgan fingerprint density at radius 3 is 0.735 bits per heavy atom. The molecule has 3 nitrogen and oxygen atoms in total. The first-order chi connectivity index (χ1) is 33.8. The Morgan fingerprint density at radius 2 is 0.500 bits per heavy atom. The van der Waals surface area contributed by atoms with Crippen LogP contribution in [-0.4, -0.2) is 31.3 Å². The van der Waals surface area contributed by atoms with Crippen LogP contribution in [0.15, 0.2) is 12.1 Å². The molecule has 0 atom stereocenters. The Hall–Kier alpha value is -0.680. The van der Waals surface area contributed by atoms with E-state index in [2.05, 4.69) is 32.9 Å². The highest BCUT2D eigenvalue weighted by Gasteiger charge is 2.24. The molecule has 1 saturated heterocycles. The van der Waals surface area contributed by atoms with E-state index in [9.17, 15) is 0 Å². The second-order valence-electron chi connectivity index (χ2n) is 21.6. The smallest absolute Gasteiger partial charge is 0.203 e. The Kier molecular flexibility index (Phi) is 47.8. The molecule has 0 bridgehead atoms. The van der Waals surface area contributed by atoms with Crippen LogP contribution in [0.2, 0.25) is 0 Å². The molecule has 1 aliphatic rings. The van der Waals surface area contributed by atoms with Gasteiger partial charge < -0.3 is 14.2 Å². The molecule has 400 valence electrons. The zero-order valence-corrected chi connectivity index (χ0v) is 47.9. The fourth-order valence-electron chi connectivity index (χ4n) is 10.2. The Balaban J connectivity index is 1.76. The van der Waals surface area contributed by atoms with Gasteiger partial charge in [0, 0.05) is 17.4 Å². The van der Waals surface area contributed by atoms with Crippen LogP contribution in [0.4, 0.5) is 0 Å². The lowest BCUT2D eigenvalue weighted by atomic mass is 10.0. The van der Waals surface area contributed by atoms with Crippen molar-refractivity contribution in [2.75, 3.05) is 31.3 Å². The summed E-state index contributed by atoms with van der Waals surface area (Å²) in [7, 11) is 4.02. The predicted octanol–water partition coefficient (Wildman–Crippen LogP) is 23.1. The van der Waals surface area contributed by atoms with Crippen molar-refractivity contribution in [1.82, 2.24) is 0 Å². The molecule has 5 heteroatoms. The molecule has 0 spiro atoms. The van der Waals surface area contributed by atoms with Crippen molar-refractivity contribution in [3.05, 3.63) is 17.7 Å².